The van der Waals surface area contributed by atoms with E-state index in [2.05, 4.69) is 5.32 Å². The molecule has 9 nitrogen and oxygen atoms in total. The lowest BCUT2D eigenvalue weighted by Crippen LogP contribution is -2.30. The van der Waals surface area contributed by atoms with Gasteiger partial charge in [-0.1, -0.05) is 30.3 Å². The minimum absolute atomic E-state index is 0.0649. The molecule has 2 rings (SSSR count). The van der Waals surface area contributed by atoms with E-state index in [0.29, 0.717) is 6.07 Å². The van der Waals surface area contributed by atoms with E-state index in [1.54, 1.807) is 24.3 Å². The summed E-state index contributed by atoms with van der Waals surface area (Å²) in [4.78, 5) is 21.7. The van der Waals surface area contributed by atoms with Gasteiger partial charge in [-0.3, -0.25) is 10.1 Å². The Balaban J connectivity index is 1.85. The third-order valence-electron chi connectivity index (χ3n) is 3.95. The maximum Gasteiger partial charge on any atom is 0.407 e. The predicted octanol–water partition coefficient (Wildman–Crippen LogP) is 2.03. The summed E-state index contributed by atoms with van der Waals surface area (Å²) in [6, 6.07) is 10.5. The molecule has 1 amide bonds. The van der Waals surface area contributed by atoms with Gasteiger partial charge in [0.15, 0.2) is 0 Å². The fourth-order valence-electron chi connectivity index (χ4n) is 2.44. The fourth-order valence-corrected chi connectivity index (χ4v) is 2.44. The zero-order valence-electron chi connectivity index (χ0n) is 14.7. The van der Waals surface area contributed by atoms with Crippen molar-refractivity contribution in [2.75, 3.05) is 12.3 Å². The van der Waals surface area contributed by atoms with Crippen LogP contribution < -0.4 is 11.1 Å². The lowest BCUT2D eigenvalue weighted by Gasteiger charge is -2.19. The number of anilines is 1. The van der Waals surface area contributed by atoms with E-state index in [1.165, 1.54) is 0 Å². The summed E-state index contributed by atoms with van der Waals surface area (Å²) >= 11 is 0. The number of benzene rings is 2. The molecule has 0 saturated heterocycles. The largest absolute Gasteiger partial charge is 0.445 e. The Hall–Kier alpha value is -3.24. The summed E-state index contributed by atoms with van der Waals surface area (Å²) in [5.41, 5.74) is 4.73. The minimum Gasteiger partial charge on any atom is -0.445 e. The second-order valence-electron chi connectivity index (χ2n) is 5.98. The number of ether oxygens (including phenoxy) is 1. The molecule has 0 aliphatic rings. The average molecular weight is 393 g/mol. The number of carbonyl (C=O) groups is 1. The first-order valence-corrected chi connectivity index (χ1v) is 8.33. The van der Waals surface area contributed by atoms with Gasteiger partial charge >= 0.3 is 6.09 Å². The zero-order chi connectivity index (χ0) is 20.7. The first-order valence-electron chi connectivity index (χ1n) is 8.33. The van der Waals surface area contributed by atoms with Gasteiger partial charge in [0.05, 0.1) is 11.0 Å². The van der Waals surface area contributed by atoms with E-state index in [4.69, 9.17) is 10.5 Å². The van der Waals surface area contributed by atoms with Gasteiger partial charge in [-0.05, 0) is 12.0 Å². The second-order valence-corrected chi connectivity index (χ2v) is 5.98. The molecule has 0 fully saturated rings. The van der Waals surface area contributed by atoms with Crippen molar-refractivity contribution in [2.45, 2.75) is 25.2 Å². The van der Waals surface area contributed by atoms with Gasteiger partial charge in [0.1, 0.15) is 24.2 Å². The quantitative estimate of drug-likeness (QED) is 0.305. The van der Waals surface area contributed by atoms with Crippen molar-refractivity contribution in [1.29, 1.82) is 0 Å². The normalized spacial score (nSPS) is 12.8. The van der Waals surface area contributed by atoms with Crippen LogP contribution in [-0.2, 0) is 11.3 Å². The standard InChI is InChI=1S/C18H20FN3O6/c19-13-9-14(20)15(22(26)27)8-12(13)17(24)16(23)6-7-21-18(25)28-10-11-4-2-1-3-5-11/h1-5,8-9,16-17,23-24H,6-7,10,20H2,(H,21,25). The molecule has 0 spiro atoms. The van der Waals surface area contributed by atoms with Crippen molar-refractivity contribution < 1.29 is 29.1 Å². The molecule has 0 saturated carbocycles. The highest BCUT2D eigenvalue weighted by Crippen LogP contribution is 2.30. The average Bonchev–Trinajstić information content (AvgIpc) is 2.66. The molecule has 2 aromatic rings. The number of carbonyl (C=O) groups excluding carboxylic acids is 1. The molecule has 0 aromatic heterocycles. The third kappa shape index (κ3) is 5.63. The van der Waals surface area contributed by atoms with Crippen molar-refractivity contribution in [3.63, 3.8) is 0 Å². The van der Waals surface area contributed by atoms with Gasteiger partial charge in [-0.15, -0.1) is 0 Å². The molecular formula is C18H20FN3O6. The summed E-state index contributed by atoms with van der Waals surface area (Å²) in [5, 5.41) is 33.4. The number of hydrogen-bond acceptors (Lipinski definition) is 7. The van der Waals surface area contributed by atoms with Crippen molar-refractivity contribution in [2.24, 2.45) is 0 Å². The van der Waals surface area contributed by atoms with Crippen molar-refractivity contribution in [3.05, 3.63) is 69.5 Å². The Labute approximate surface area is 159 Å². The van der Waals surface area contributed by atoms with Crippen molar-refractivity contribution in [1.82, 2.24) is 5.32 Å². The highest BCUT2D eigenvalue weighted by atomic mass is 19.1. The van der Waals surface area contributed by atoms with Crippen LogP contribution in [0.15, 0.2) is 42.5 Å². The fraction of sp³-hybridized carbons (Fsp3) is 0.278. The number of amides is 1. The van der Waals surface area contributed by atoms with E-state index < -0.39 is 46.0 Å². The number of nitrogens with two attached hydrogens (primary N) is 1. The Kier molecular flexibility index (Phi) is 7.24. The lowest BCUT2D eigenvalue weighted by molar-refractivity contribution is -0.384. The Morgan fingerprint density at radius 2 is 1.96 bits per heavy atom. The maximum absolute atomic E-state index is 14.0. The van der Waals surface area contributed by atoms with E-state index in [1.807, 2.05) is 6.07 Å². The molecule has 28 heavy (non-hydrogen) atoms. The number of nitro benzene ring substituents is 1. The number of rotatable bonds is 8. The summed E-state index contributed by atoms with van der Waals surface area (Å²) < 4.78 is 18.9. The number of nitrogens with zero attached hydrogens (tertiary/aromatic N) is 1. The van der Waals surface area contributed by atoms with Gasteiger partial charge < -0.3 is 26.0 Å². The van der Waals surface area contributed by atoms with Gasteiger partial charge in [0.2, 0.25) is 0 Å². The number of nitrogens with one attached hydrogen (secondary N) is 1. The molecule has 5 N–H and O–H groups in total. The molecule has 10 heteroatoms. The highest BCUT2D eigenvalue weighted by molar-refractivity contribution is 5.67. The molecule has 0 bridgehead atoms. The minimum atomic E-state index is -1.73. The Bertz CT molecular complexity index is 834. The van der Waals surface area contributed by atoms with Crippen LogP contribution in [0, 0.1) is 15.9 Å². The molecule has 0 aliphatic carbocycles. The number of aliphatic hydroxyl groups excluding tert-OH is 2. The molecule has 0 aliphatic heterocycles. The molecule has 2 unspecified atom stereocenters. The molecule has 150 valence electrons. The first-order chi connectivity index (χ1) is 13.3. The topological polar surface area (TPSA) is 148 Å². The van der Waals surface area contributed by atoms with Gasteiger partial charge in [-0.25, -0.2) is 9.18 Å². The van der Waals surface area contributed by atoms with Crippen molar-refractivity contribution >= 4 is 17.5 Å². The van der Waals surface area contributed by atoms with Crippen LogP contribution in [0.25, 0.3) is 0 Å². The lowest BCUT2D eigenvalue weighted by atomic mass is 10.0. The number of aliphatic hydroxyl groups is 2. The number of hydrogen-bond donors (Lipinski definition) is 4. The van der Waals surface area contributed by atoms with Crippen LogP contribution in [0.1, 0.15) is 23.7 Å². The molecule has 2 aromatic carbocycles. The summed E-state index contributed by atoms with van der Waals surface area (Å²) in [6.07, 6.45) is -4.08. The van der Waals surface area contributed by atoms with E-state index >= 15 is 0 Å². The van der Waals surface area contributed by atoms with Crippen LogP contribution >= 0.6 is 0 Å². The maximum atomic E-state index is 14.0. The Morgan fingerprint density at radius 1 is 1.29 bits per heavy atom. The van der Waals surface area contributed by atoms with Crippen LogP contribution in [0.5, 0.6) is 0 Å². The number of nitrogen functional groups attached to an aromatic ring is 1. The summed E-state index contributed by atoms with van der Waals surface area (Å²) in [6.45, 7) is 0.00268. The van der Waals surface area contributed by atoms with E-state index in [-0.39, 0.29) is 19.6 Å². The van der Waals surface area contributed by atoms with Crippen LogP contribution in [0.2, 0.25) is 0 Å². The predicted molar refractivity (Wildman–Crippen MR) is 97.7 cm³/mol. The zero-order valence-corrected chi connectivity index (χ0v) is 14.7. The number of nitro groups is 1. The highest BCUT2D eigenvalue weighted by Gasteiger charge is 2.25. The van der Waals surface area contributed by atoms with Crippen LogP contribution in [-0.4, -0.2) is 33.9 Å². The number of halogens is 1. The second kappa shape index (κ2) is 9.62. The van der Waals surface area contributed by atoms with Gasteiger partial charge in [0.25, 0.3) is 5.69 Å². The summed E-state index contributed by atoms with van der Waals surface area (Å²) in [7, 11) is 0. The van der Waals surface area contributed by atoms with Crippen molar-refractivity contribution in [3.8, 4) is 0 Å². The smallest absolute Gasteiger partial charge is 0.407 e. The monoisotopic (exact) mass is 393 g/mol. The van der Waals surface area contributed by atoms with Crippen LogP contribution in [0.4, 0.5) is 20.6 Å². The third-order valence-corrected chi connectivity index (χ3v) is 3.95. The Morgan fingerprint density at radius 3 is 2.61 bits per heavy atom. The molecule has 2 atom stereocenters. The summed E-state index contributed by atoms with van der Waals surface area (Å²) in [5.74, 6) is -0.982. The first kappa shape index (κ1) is 21.1. The molecule has 0 heterocycles. The molecular weight excluding hydrogens is 373 g/mol. The molecule has 0 radical (unpaired) electrons. The van der Waals surface area contributed by atoms with E-state index in [9.17, 15) is 29.5 Å². The number of alkyl carbamates (subject to hydrolysis) is 1. The SMILES string of the molecule is Nc1cc(F)c(C(O)C(O)CCNC(=O)OCc2ccccc2)cc1[N+](=O)[O-]. The van der Waals surface area contributed by atoms with E-state index in [0.717, 1.165) is 11.6 Å². The van der Waals surface area contributed by atoms with Gasteiger partial charge in [-0.2, -0.15) is 0 Å². The van der Waals surface area contributed by atoms with Crippen LogP contribution in [0.3, 0.4) is 0 Å². The van der Waals surface area contributed by atoms with Gasteiger partial charge in [0, 0.05) is 24.2 Å².